The van der Waals surface area contributed by atoms with E-state index in [1.807, 2.05) is 26.0 Å². The first kappa shape index (κ1) is 11.5. The van der Waals surface area contributed by atoms with Crippen LogP contribution in [0.5, 0.6) is 5.75 Å². The number of benzene rings is 1. The fourth-order valence-corrected chi connectivity index (χ4v) is 2.51. The van der Waals surface area contributed by atoms with Crippen molar-refractivity contribution >= 4 is 27.5 Å². The van der Waals surface area contributed by atoms with Crippen molar-refractivity contribution in [2.24, 2.45) is 5.92 Å². The predicted octanol–water partition coefficient (Wildman–Crippen LogP) is 2.75. The summed E-state index contributed by atoms with van der Waals surface area (Å²) in [6.45, 7) is 4.31. The number of hydrogen-bond acceptors (Lipinski definition) is 2. The lowest BCUT2D eigenvalue weighted by molar-refractivity contribution is -0.122. The molecule has 3 nitrogen and oxygen atoms in total. The number of rotatable bonds is 0. The van der Waals surface area contributed by atoms with E-state index in [1.165, 1.54) is 0 Å². The summed E-state index contributed by atoms with van der Waals surface area (Å²) in [5.41, 5.74) is 1.93. The Bertz CT molecular complexity index is 445. The van der Waals surface area contributed by atoms with Gasteiger partial charge in [0.15, 0.2) is 5.75 Å². The van der Waals surface area contributed by atoms with Gasteiger partial charge in [-0.1, -0.05) is 6.92 Å². The lowest BCUT2D eigenvalue weighted by Gasteiger charge is -2.18. The van der Waals surface area contributed by atoms with Gasteiger partial charge in [0.05, 0.1) is 22.7 Å². The van der Waals surface area contributed by atoms with Crippen LogP contribution in [0, 0.1) is 12.8 Å². The molecule has 0 spiro atoms. The Morgan fingerprint density at radius 2 is 2.19 bits per heavy atom. The summed E-state index contributed by atoms with van der Waals surface area (Å²) in [5, 5.41) is 0. The van der Waals surface area contributed by atoms with E-state index in [0.29, 0.717) is 6.61 Å². The molecule has 0 saturated heterocycles. The Kier molecular flexibility index (Phi) is 2.93. The monoisotopic (exact) mass is 283 g/mol. The number of amides is 1. The Labute approximate surface area is 104 Å². The molecule has 1 atom stereocenters. The number of aryl methyl sites for hydroxylation is 1. The Hall–Kier alpha value is -1.03. The SMILES string of the molecule is Cc1cc(Br)c2c(c1)N(C)C(=O)C(C)CO2. The first-order valence-electron chi connectivity index (χ1n) is 5.21. The third kappa shape index (κ3) is 1.82. The van der Waals surface area contributed by atoms with Crippen LogP contribution in [0.15, 0.2) is 16.6 Å². The van der Waals surface area contributed by atoms with Crippen molar-refractivity contribution in [3.05, 3.63) is 22.2 Å². The van der Waals surface area contributed by atoms with Crippen molar-refractivity contribution in [3.8, 4) is 5.75 Å². The molecule has 1 amide bonds. The van der Waals surface area contributed by atoms with Gasteiger partial charge in [-0.3, -0.25) is 4.79 Å². The predicted molar refractivity (Wildman–Crippen MR) is 66.9 cm³/mol. The summed E-state index contributed by atoms with van der Waals surface area (Å²) in [4.78, 5) is 13.6. The molecule has 0 aliphatic carbocycles. The van der Waals surface area contributed by atoms with Crippen molar-refractivity contribution in [1.82, 2.24) is 0 Å². The van der Waals surface area contributed by atoms with E-state index in [0.717, 1.165) is 21.5 Å². The molecule has 2 rings (SSSR count). The number of halogens is 1. The molecule has 4 heteroatoms. The van der Waals surface area contributed by atoms with E-state index in [9.17, 15) is 4.79 Å². The molecule has 1 aromatic carbocycles. The second-order valence-corrected chi connectivity index (χ2v) is 5.06. The summed E-state index contributed by atoms with van der Waals surface area (Å²) < 4.78 is 6.58. The summed E-state index contributed by atoms with van der Waals surface area (Å²) in [5.74, 6) is 0.742. The van der Waals surface area contributed by atoms with E-state index in [4.69, 9.17) is 4.74 Å². The van der Waals surface area contributed by atoms with Gasteiger partial charge in [0, 0.05) is 7.05 Å². The third-order valence-electron chi connectivity index (χ3n) is 2.76. The van der Waals surface area contributed by atoms with E-state index in [1.54, 1.807) is 11.9 Å². The molecule has 0 saturated carbocycles. The van der Waals surface area contributed by atoms with Crippen LogP contribution in [-0.4, -0.2) is 19.6 Å². The first-order chi connectivity index (χ1) is 7.50. The summed E-state index contributed by atoms with van der Waals surface area (Å²) in [6.07, 6.45) is 0. The van der Waals surface area contributed by atoms with Gasteiger partial charge in [-0.15, -0.1) is 0 Å². The normalized spacial score (nSPS) is 20.1. The molecule has 0 N–H and O–H groups in total. The lowest BCUT2D eigenvalue weighted by Crippen LogP contribution is -2.31. The second-order valence-electron chi connectivity index (χ2n) is 4.20. The zero-order valence-electron chi connectivity index (χ0n) is 9.58. The first-order valence-corrected chi connectivity index (χ1v) is 6.00. The van der Waals surface area contributed by atoms with Gasteiger partial charge >= 0.3 is 0 Å². The van der Waals surface area contributed by atoms with E-state index >= 15 is 0 Å². The zero-order chi connectivity index (χ0) is 11.9. The average molecular weight is 284 g/mol. The Morgan fingerprint density at radius 3 is 2.88 bits per heavy atom. The molecular formula is C12H14BrNO2. The molecule has 0 fully saturated rings. The molecule has 0 aromatic heterocycles. The molecule has 0 radical (unpaired) electrons. The molecule has 1 aliphatic rings. The van der Waals surface area contributed by atoms with Crippen LogP contribution in [0.2, 0.25) is 0 Å². The van der Waals surface area contributed by atoms with Crippen LogP contribution >= 0.6 is 15.9 Å². The maximum Gasteiger partial charge on any atom is 0.233 e. The highest BCUT2D eigenvalue weighted by Crippen LogP contribution is 2.39. The van der Waals surface area contributed by atoms with E-state index in [-0.39, 0.29) is 11.8 Å². The number of nitrogens with zero attached hydrogens (tertiary/aromatic N) is 1. The van der Waals surface area contributed by atoms with Gasteiger partial charge in [0.2, 0.25) is 5.91 Å². The van der Waals surface area contributed by atoms with Crippen molar-refractivity contribution in [3.63, 3.8) is 0 Å². The van der Waals surface area contributed by atoms with E-state index < -0.39 is 0 Å². The number of anilines is 1. The average Bonchev–Trinajstić information content (AvgIpc) is 2.32. The molecule has 1 aromatic rings. The highest BCUT2D eigenvalue weighted by molar-refractivity contribution is 9.10. The van der Waals surface area contributed by atoms with Gasteiger partial charge in [-0.05, 0) is 40.5 Å². The molecule has 16 heavy (non-hydrogen) atoms. The van der Waals surface area contributed by atoms with Crippen LogP contribution in [0.3, 0.4) is 0 Å². The largest absolute Gasteiger partial charge is 0.489 e. The number of carbonyl (C=O) groups excluding carboxylic acids is 1. The van der Waals surface area contributed by atoms with Crippen molar-refractivity contribution < 1.29 is 9.53 Å². The summed E-state index contributed by atoms with van der Waals surface area (Å²) in [7, 11) is 1.79. The maximum absolute atomic E-state index is 12.0. The van der Waals surface area contributed by atoms with Crippen LogP contribution in [0.4, 0.5) is 5.69 Å². The molecule has 1 aliphatic heterocycles. The highest BCUT2D eigenvalue weighted by atomic mass is 79.9. The number of fused-ring (bicyclic) bond motifs is 1. The van der Waals surface area contributed by atoms with Gasteiger partial charge in [0.1, 0.15) is 0 Å². The molecule has 1 heterocycles. The molecular weight excluding hydrogens is 270 g/mol. The van der Waals surface area contributed by atoms with Crippen molar-refractivity contribution in [2.45, 2.75) is 13.8 Å². The van der Waals surface area contributed by atoms with Gasteiger partial charge in [-0.25, -0.2) is 0 Å². The topological polar surface area (TPSA) is 29.5 Å². The third-order valence-corrected chi connectivity index (χ3v) is 3.35. The zero-order valence-corrected chi connectivity index (χ0v) is 11.2. The fourth-order valence-electron chi connectivity index (χ4n) is 1.83. The number of carbonyl (C=O) groups is 1. The summed E-state index contributed by atoms with van der Waals surface area (Å²) in [6, 6.07) is 3.96. The Morgan fingerprint density at radius 1 is 1.50 bits per heavy atom. The van der Waals surface area contributed by atoms with E-state index in [2.05, 4.69) is 15.9 Å². The standard InChI is InChI=1S/C12H14BrNO2/c1-7-4-9(13)11-10(5-7)14(3)12(15)8(2)6-16-11/h4-5,8H,6H2,1-3H3. The smallest absolute Gasteiger partial charge is 0.233 e. The van der Waals surface area contributed by atoms with Gasteiger partial charge in [-0.2, -0.15) is 0 Å². The molecule has 86 valence electrons. The number of ether oxygens (including phenoxy) is 1. The van der Waals surface area contributed by atoms with Crippen LogP contribution < -0.4 is 9.64 Å². The minimum absolute atomic E-state index is 0.0938. The summed E-state index contributed by atoms with van der Waals surface area (Å²) >= 11 is 3.47. The Balaban J connectivity index is 2.57. The van der Waals surface area contributed by atoms with Gasteiger partial charge in [0.25, 0.3) is 0 Å². The van der Waals surface area contributed by atoms with Crippen molar-refractivity contribution in [2.75, 3.05) is 18.6 Å². The molecule has 0 bridgehead atoms. The molecule has 1 unspecified atom stereocenters. The fraction of sp³-hybridized carbons (Fsp3) is 0.417. The van der Waals surface area contributed by atoms with Crippen LogP contribution in [0.25, 0.3) is 0 Å². The minimum atomic E-state index is -0.107. The quantitative estimate of drug-likeness (QED) is 0.733. The maximum atomic E-state index is 12.0. The lowest BCUT2D eigenvalue weighted by atomic mass is 10.1. The second kappa shape index (κ2) is 4.09. The van der Waals surface area contributed by atoms with Crippen LogP contribution in [0.1, 0.15) is 12.5 Å². The van der Waals surface area contributed by atoms with Crippen LogP contribution in [-0.2, 0) is 4.79 Å². The van der Waals surface area contributed by atoms with Gasteiger partial charge < -0.3 is 9.64 Å². The number of hydrogen-bond donors (Lipinski definition) is 0. The highest BCUT2D eigenvalue weighted by Gasteiger charge is 2.27. The minimum Gasteiger partial charge on any atom is -0.489 e. The van der Waals surface area contributed by atoms with Crippen molar-refractivity contribution in [1.29, 1.82) is 0 Å².